The SMILES string of the molecule is C=C/C=C(\C=C/C)c1ccc(C2CC2)cc1. The van der Waals surface area contributed by atoms with Crippen LogP contribution in [0.5, 0.6) is 0 Å². The predicted molar refractivity (Wildman–Crippen MR) is 71.4 cm³/mol. The number of benzene rings is 1. The first-order valence-electron chi connectivity index (χ1n) is 5.91. The molecule has 0 heteroatoms. The van der Waals surface area contributed by atoms with Crippen LogP contribution in [0.25, 0.3) is 5.57 Å². The van der Waals surface area contributed by atoms with Crippen molar-refractivity contribution in [2.24, 2.45) is 0 Å². The fourth-order valence-electron chi connectivity index (χ4n) is 1.92. The first kappa shape index (κ1) is 10.9. The van der Waals surface area contributed by atoms with Gasteiger partial charge in [-0.25, -0.2) is 0 Å². The molecule has 0 heterocycles. The first-order chi connectivity index (χ1) is 7.85. The van der Waals surface area contributed by atoms with Gasteiger partial charge < -0.3 is 0 Å². The average molecular weight is 210 g/mol. The van der Waals surface area contributed by atoms with Gasteiger partial charge >= 0.3 is 0 Å². The summed E-state index contributed by atoms with van der Waals surface area (Å²) in [5, 5.41) is 0. The summed E-state index contributed by atoms with van der Waals surface area (Å²) < 4.78 is 0. The van der Waals surface area contributed by atoms with E-state index in [4.69, 9.17) is 0 Å². The maximum absolute atomic E-state index is 3.75. The quantitative estimate of drug-likeness (QED) is 0.631. The summed E-state index contributed by atoms with van der Waals surface area (Å²) in [5.41, 5.74) is 3.98. The Morgan fingerprint density at radius 2 is 1.94 bits per heavy atom. The number of hydrogen-bond acceptors (Lipinski definition) is 0. The van der Waals surface area contributed by atoms with Crippen LogP contribution in [0.4, 0.5) is 0 Å². The molecule has 1 saturated carbocycles. The molecule has 82 valence electrons. The van der Waals surface area contributed by atoms with Gasteiger partial charge in [0.25, 0.3) is 0 Å². The van der Waals surface area contributed by atoms with E-state index in [2.05, 4.69) is 43.0 Å². The van der Waals surface area contributed by atoms with E-state index in [1.807, 2.05) is 19.1 Å². The Labute approximate surface area is 98.0 Å². The van der Waals surface area contributed by atoms with Crippen LogP contribution in [-0.2, 0) is 0 Å². The summed E-state index contributed by atoms with van der Waals surface area (Å²) in [4.78, 5) is 0. The van der Waals surface area contributed by atoms with E-state index < -0.39 is 0 Å². The topological polar surface area (TPSA) is 0 Å². The summed E-state index contributed by atoms with van der Waals surface area (Å²) in [5.74, 6) is 0.836. The van der Waals surface area contributed by atoms with E-state index in [1.54, 1.807) is 0 Å². The molecule has 0 spiro atoms. The lowest BCUT2D eigenvalue weighted by atomic mass is 10.0. The zero-order chi connectivity index (χ0) is 11.4. The third kappa shape index (κ3) is 2.52. The Balaban J connectivity index is 2.24. The van der Waals surface area contributed by atoms with Gasteiger partial charge in [-0.1, -0.05) is 55.1 Å². The molecule has 0 aliphatic heterocycles. The summed E-state index contributed by atoms with van der Waals surface area (Å²) in [6.07, 6.45) is 10.8. The van der Waals surface area contributed by atoms with Gasteiger partial charge in [-0.2, -0.15) is 0 Å². The Bertz CT molecular complexity index is 414. The lowest BCUT2D eigenvalue weighted by molar-refractivity contribution is 1.13. The lowest BCUT2D eigenvalue weighted by Crippen LogP contribution is -1.83. The average Bonchev–Trinajstić information content (AvgIpc) is 3.13. The molecular weight excluding hydrogens is 192 g/mol. The van der Waals surface area contributed by atoms with Crippen LogP contribution in [0.2, 0.25) is 0 Å². The van der Waals surface area contributed by atoms with Crippen LogP contribution >= 0.6 is 0 Å². The maximum atomic E-state index is 3.75. The minimum atomic E-state index is 0.836. The molecule has 0 atom stereocenters. The first-order valence-corrected chi connectivity index (χ1v) is 5.91. The molecule has 1 aromatic rings. The fraction of sp³-hybridized carbons (Fsp3) is 0.250. The van der Waals surface area contributed by atoms with Crippen LogP contribution in [0, 0.1) is 0 Å². The number of hydrogen-bond donors (Lipinski definition) is 0. The zero-order valence-electron chi connectivity index (χ0n) is 9.82. The summed E-state index contributed by atoms with van der Waals surface area (Å²) in [6, 6.07) is 8.94. The zero-order valence-corrected chi connectivity index (χ0v) is 9.82. The van der Waals surface area contributed by atoms with Crippen molar-refractivity contribution in [3.05, 3.63) is 66.3 Å². The highest BCUT2D eigenvalue weighted by molar-refractivity contribution is 5.75. The third-order valence-corrected chi connectivity index (χ3v) is 2.94. The van der Waals surface area contributed by atoms with E-state index in [0.717, 1.165) is 5.92 Å². The van der Waals surface area contributed by atoms with Crippen LogP contribution in [-0.4, -0.2) is 0 Å². The third-order valence-electron chi connectivity index (χ3n) is 2.94. The van der Waals surface area contributed by atoms with Crippen molar-refractivity contribution < 1.29 is 0 Å². The van der Waals surface area contributed by atoms with Gasteiger partial charge in [-0.05, 0) is 42.4 Å². The molecule has 0 radical (unpaired) electrons. The van der Waals surface area contributed by atoms with E-state index in [1.165, 1.54) is 29.5 Å². The molecular formula is C16H18. The van der Waals surface area contributed by atoms with Gasteiger partial charge in [0.2, 0.25) is 0 Å². The minimum Gasteiger partial charge on any atom is -0.0990 e. The number of allylic oxidation sites excluding steroid dienone is 5. The normalized spacial score (nSPS) is 16.7. The Kier molecular flexibility index (Phi) is 3.40. The molecule has 2 rings (SSSR count). The van der Waals surface area contributed by atoms with Crippen LogP contribution < -0.4 is 0 Å². The highest BCUT2D eigenvalue weighted by Crippen LogP contribution is 2.40. The van der Waals surface area contributed by atoms with Crippen molar-refractivity contribution in [1.29, 1.82) is 0 Å². The van der Waals surface area contributed by atoms with Gasteiger partial charge in [-0.15, -0.1) is 0 Å². The molecule has 0 amide bonds. The van der Waals surface area contributed by atoms with E-state index >= 15 is 0 Å². The lowest BCUT2D eigenvalue weighted by Gasteiger charge is -2.04. The molecule has 1 fully saturated rings. The van der Waals surface area contributed by atoms with Crippen LogP contribution in [0.1, 0.15) is 36.8 Å². The van der Waals surface area contributed by atoms with Crippen molar-refractivity contribution in [3.8, 4) is 0 Å². The monoisotopic (exact) mass is 210 g/mol. The summed E-state index contributed by atoms with van der Waals surface area (Å²) >= 11 is 0. The Morgan fingerprint density at radius 1 is 1.25 bits per heavy atom. The molecule has 1 aromatic carbocycles. The summed E-state index contributed by atoms with van der Waals surface area (Å²) in [6.45, 7) is 5.79. The van der Waals surface area contributed by atoms with E-state index in [0.29, 0.717) is 0 Å². The maximum Gasteiger partial charge on any atom is -0.0162 e. The molecule has 16 heavy (non-hydrogen) atoms. The standard InChI is InChI=1S/C16H18/c1-3-5-13(6-4-2)14-7-9-15(10-8-14)16-11-12-16/h3-10,16H,1,11-12H2,2H3/b6-4-,13-5+. The number of rotatable bonds is 4. The molecule has 1 aliphatic rings. The minimum absolute atomic E-state index is 0.836. The van der Waals surface area contributed by atoms with Gasteiger partial charge in [0.15, 0.2) is 0 Å². The van der Waals surface area contributed by atoms with Gasteiger partial charge in [0.1, 0.15) is 0 Å². The molecule has 0 nitrogen and oxygen atoms in total. The van der Waals surface area contributed by atoms with Crippen LogP contribution in [0.15, 0.2) is 55.1 Å². The Morgan fingerprint density at radius 3 is 2.44 bits per heavy atom. The second-order valence-electron chi connectivity index (χ2n) is 4.25. The molecule has 0 N–H and O–H groups in total. The smallest absolute Gasteiger partial charge is 0.0162 e. The predicted octanol–water partition coefficient (Wildman–Crippen LogP) is 4.71. The molecule has 0 bridgehead atoms. The van der Waals surface area contributed by atoms with Gasteiger partial charge in [0.05, 0.1) is 0 Å². The van der Waals surface area contributed by atoms with Crippen molar-refractivity contribution in [2.75, 3.05) is 0 Å². The highest BCUT2D eigenvalue weighted by Gasteiger charge is 2.22. The van der Waals surface area contributed by atoms with Crippen molar-refractivity contribution in [3.63, 3.8) is 0 Å². The largest absolute Gasteiger partial charge is 0.0990 e. The molecule has 0 aromatic heterocycles. The van der Waals surface area contributed by atoms with Gasteiger partial charge in [0, 0.05) is 0 Å². The molecule has 0 unspecified atom stereocenters. The Hall–Kier alpha value is -1.56. The van der Waals surface area contributed by atoms with E-state index in [-0.39, 0.29) is 0 Å². The molecule has 1 aliphatic carbocycles. The second-order valence-corrected chi connectivity index (χ2v) is 4.25. The fourth-order valence-corrected chi connectivity index (χ4v) is 1.92. The van der Waals surface area contributed by atoms with Gasteiger partial charge in [-0.3, -0.25) is 0 Å². The van der Waals surface area contributed by atoms with Crippen molar-refractivity contribution in [1.82, 2.24) is 0 Å². The van der Waals surface area contributed by atoms with Crippen LogP contribution in [0.3, 0.4) is 0 Å². The second kappa shape index (κ2) is 4.98. The van der Waals surface area contributed by atoms with E-state index in [9.17, 15) is 0 Å². The van der Waals surface area contributed by atoms with Crippen molar-refractivity contribution >= 4 is 5.57 Å². The molecule has 0 saturated heterocycles. The van der Waals surface area contributed by atoms with Crippen molar-refractivity contribution in [2.45, 2.75) is 25.7 Å². The summed E-state index contributed by atoms with van der Waals surface area (Å²) in [7, 11) is 0. The highest BCUT2D eigenvalue weighted by atomic mass is 14.3.